The number of halogens is 1. The highest BCUT2D eigenvalue weighted by atomic mass is 35.5. The maximum Gasteiger partial charge on any atom is 0.260 e. The minimum atomic E-state index is -0.0588. The molecule has 0 aromatic heterocycles. The lowest BCUT2D eigenvalue weighted by atomic mass is 9.95. The molecule has 1 aliphatic heterocycles. The number of rotatable bonds is 5. The highest BCUT2D eigenvalue weighted by Crippen LogP contribution is 2.29. The number of aryl methyl sites for hydroxylation is 1. The zero-order valence-corrected chi connectivity index (χ0v) is 15.9. The van der Waals surface area contributed by atoms with E-state index in [9.17, 15) is 4.79 Å². The van der Waals surface area contributed by atoms with Crippen molar-refractivity contribution in [2.75, 3.05) is 26.8 Å². The molecule has 0 bridgehead atoms. The van der Waals surface area contributed by atoms with Gasteiger partial charge in [0.2, 0.25) is 0 Å². The Labute approximate surface area is 160 Å². The van der Waals surface area contributed by atoms with E-state index in [0.717, 1.165) is 5.56 Å². The fraction of sp³-hybridized carbons (Fsp3) is 0.350. The summed E-state index contributed by atoms with van der Waals surface area (Å²) in [5, 5.41) is 0. The molecule has 3 rings (SSSR count). The normalized spacial score (nSPS) is 19.0. The van der Waals surface area contributed by atoms with Crippen LogP contribution < -0.4 is 15.2 Å². The van der Waals surface area contributed by atoms with E-state index in [0.29, 0.717) is 24.6 Å². The molecule has 0 unspecified atom stereocenters. The summed E-state index contributed by atoms with van der Waals surface area (Å²) in [6, 6.07) is 15.7. The van der Waals surface area contributed by atoms with Gasteiger partial charge in [-0.1, -0.05) is 36.4 Å². The number of amides is 1. The smallest absolute Gasteiger partial charge is 0.260 e. The molecule has 0 saturated carbocycles. The molecule has 1 saturated heterocycles. The summed E-state index contributed by atoms with van der Waals surface area (Å²) in [5.41, 5.74) is 8.50. The molecular formula is C20H25ClN2O3. The van der Waals surface area contributed by atoms with Crippen LogP contribution in [0.3, 0.4) is 0 Å². The van der Waals surface area contributed by atoms with E-state index in [-0.39, 0.29) is 36.9 Å². The van der Waals surface area contributed by atoms with Gasteiger partial charge in [0.1, 0.15) is 0 Å². The van der Waals surface area contributed by atoms with Crippen LogP contribution in [0.5, 0.6) is 11.5 Å². The highest BCUT2D eigenvalue weighted by Gasteiger charge is 2.33. The standard InChI is InChI=1S/C20H24N2O3.ClH/c1-14-8-9-18(19(10-14)24-2)25-13-20(23)22-11-16(17(21)12-22)15-6-4-3-5-7-15;/h3-10,16-17H,11-13,21H2,1-2H3;1H/t16-,17+;/m0./s1. The average Bonchev–Trinajstić information content (AvgIpc) is 3.03. The van der Waals surface area contributed by atoms with Gasteiger partial charge in [-0.3, -0.25) is 4.79 Å². The molecular weight excluding hydrogens is 352 g/mol. The van der Waals surface area contributed by atoms with Crippen LogP contribution in [-0.2, 0) is 4.79 Å². The number of nitrogens with two attached hydrogens (primary N) is 1. The van der Waals surface area contributed by atoms with Crippen LogP contribution >= 0.6 is 12.4 Å². The minimum absolute atomic E-state index is 0. The van der Waals surface area contributed by atoms with Crippen LogP contribution in [0.25, 0.3) is 0 Å². The van der Waals surface area contributed by atoms with Crippen molar-refractivity contribution in [3.05, 3.63) is 59.7 Å². The number of likely N-dealkylation sites (tertiary alicyclic amines) is 1. The molecule has 140 valence electrons. The van der Waals surface area contributed by atoms with Gasteiger partial charge in [-0.2, -0.15) is 0 Å². The summed E-state index contributed by atoms with van der Waals surface area (Å²) in [6.07, 6.45) is 0. The molecule has 0 spiro atoms. The first-order valence-corrected chi connectivity index (χ1v) is 8.44. The Kier molecular flexibility index (Phi) is 6.89. The SMILES string of the molecule is COc1cc(C)ccc1OCC(=O)N1C[C@@H](N)[C@H](c2ccccc2)C1.Cl. The van der Waals surface area contributed by atoms with Gasteiger partial charge >= 0.3 is 0 Å². The number of benzene rings is 2. The fourth-order valence-electron chi connectivity index (χ4n) is 3.21. The Hall–Kier alpha value is -2.24. The molecule has 0 aliphatic carbocycles. The largest absolute Gasteiger partial charge is 0.493 e. The average molecular weight is 377 g/mol. The Morgan fingerprint density at radius 1 is 1.15 bits per heavy atom. The topological polar surface area (TPSA) is 64.8 Å². The number of methoxy groups -OCH3 is 1. The van der Waals surface area contributed by atoms with Crippen LogP contribution in [-0.4, -0.2) is 43.7 Å². The first-order chi connectivity index (χ1) is 12.1. The van der Waals surface area contributed by atoms with Crippen LogP contribution in [0.1, 0.15) is 17.0 Å². The fourth-order valence-corrected chi connectivity index (χ4v) is 3.21. The third kappa shape index (κ3) is 4.48. The lowest BCUT2D eigenvalue weighted by Crippen LogP contribution is -2.35. The number of carbonyl (C=O) groups excluding carboxylic acids is 1. The summed E-state index contributed by atoms with van der Waals surface area (Å²) in [5.74, 6) is 1.31. The molecule has 1 aliphatic rings. The Morgan fingerprint density at radius 3 is 2.58 bits per heavy atom. The summed E-state index contributed by atoms with van der Waals surface area (Å²) < 4.78 is 11.0. The first kappa shape index (κ1) is 20.1. The Bertz CT molecular complexity index is 739. The van der Waals surface area contributed by atoms with E-state index in [2.05, 4.69) is 12.1 Å². The summed E-state index contributed by atoms with van der Waals surface area (Å²) in [4.78, 5) is 14.3. The predicted molar refractivity (Wildman–Crippen MR) is 104 cm³/mol. The molecule has 26 heavy (non-hydrogen) atoms. The molecule has 6 heteroatoms. The monoisotopic (exact) mass is 376 g/mol. The van der Waals surface area contributed by atoms with Crippen molar-refractivity contribution in [2.24, 2.45) is 5.73 Å². The Balaban J connectivity index is 0.00000243. The van der Waals surface area contributed by atoms with E-state index in [1.54, 1.807) is 12.0 Å². The molecule has 2 aromatic rings. The van der Waals surface area contributed by atoms with Gasteiger partial charge in [0.15, 0.2) is 18.1 Å². The maximum atomic E-state index is 12.5. The minimum Gasteiger partial charge on any atom is -0.493 e. The van der Waals surface area contributed by atoms with E-state index in [4.69, 9.17) is 15.2 Å². The van der Waals surface area contributed by atoms with E-state index in [1.807, 2.05) is 43.3 Å². The van der Waals surface area contributed by atoms with Crippen molar-refractivity contribution in [1.29, 1.82) is 0 Å². The number of ether oxygens (including phenoxy) is 2. The third-order valence-corrected chi connectivity index (χ3v) is 4.62. The summed E-state index contributed by atoms with van der Waals surface area (Å²) in [7, 11) is 1.59. The van der Waals surface area contributed by atoms with Crippen molar-refractivity contribution in [3.63, 3.8) is 0 Å². The van der Waals surface area contributed by atoms with Gasteiger partial charge in [0.05, 0.1) is 7.11 Å². The summed E-state index contributed by atoms with van der Waals surface area (Å²) in [6.45, 7) is 3.13. The van der Waals surface area contributed by atoms with E-state index in [1.165, 1.54) is 5.56 Å². The van der Waals surface area contributed by atoms with Gasteiger partial charge < -0.3 is 20.1 Å². The number of hydrogen-bond donors (Lipinski definition) is 1. The molecule has 1 amide bonds. The second-order valence-corrected chi connectivity index (χ2v) is 6.42. The molecule has 5 nitrogen and oxygen atoms in total. The number of carbonyl (C=O) groups is 1. The first-order valence-electron chi connectivity index (χ1n) is 8.44. The van der Waals surface area contributed by atoms with Crippen molar-refractivity contribution >= 4 is 18.3 Å². The van der Waals surface area contributed by atoms with Crippen molar-refractivity contribution < 1.29 is 14.3 Å². The lowest BCUT2D eigenvalue weighted by Gasteiger charge is -2.17. The van der Waals surface area contributed by atoms with Crippen molar-refractivity contribution in [1.82, 2.24) is 4.90 Å². The lowest BCUT2D eigenvalue weighted by molar-refractivity contribution is -0.132. The number of nitrogens with zero attached hydrogens (tertiary/aromatic N) is 1. The molecule has 2 atom stereocenters. The van der Waals surface area contributed by atoms with E-state index >= 15 is 0 Å². The predicted octanol–water partition coefficient (Wildman–Crippen LogP) is 2.76. The molecule has 1 heterocycles. The van der Waals surface area contributed by atoms with Gasteiger partial charge in [-0.05, 0) is 30.2 Å². The third-order valence-electron chi connectivity index (χ3n) is 4.62. The van der Waals surface area contributed by atoms with Crippen LogP contribution in [0.15, 0.2) is 48.5 Å². The molecule has 2 aromatic carbocycles. The zero-order valence-electron chi connectivity index (χ0n) is 15.1. The second kappa shape index (κ2) is 8.92. The van der Waals surface area contributed by atoms with Gasteiger partial charge in [0, 0.05) is 25.0 Å². The summed E-state index contributed by atoms with van der Waals surface area (Å²) >= 11 is 0. The zero-order chi connectivity index (χ0) is 17.8. The van der Waals surface area contributed by atoms with Crippen LogP contribution in [0, 0.1) is 6.92 Å². The molecule has 2 N–H and O–H groups in total. The number of hydrogen-bond acceptors (Lipinski definition) is 4. The quantitative estimate of drug-likeness (QED) is 0.871. The van der Waals surface area contributed by atoms with Gasteiger partial charge in [-0.15, -0.1) is 12.4 Å². The molecule has 0 radical (unpaired) electrons. The van der Waals surface area contributed by atoms with Gasteiger partial charge in [-0.25, -0.2) is 0 Å². The van der Waals surface area contributed by atoms with Crippen LogP contribution in [0.4, 0.5) is 0 Å². The van der Waals surface area contributed by atoms with Crippen molar-refractivity contribution in [2.45, 2.75) is 18.9 Å². The Morgan fingerprint density at radius 2 is 1.88 bits per heavy atom. The van der Waals surface area contributed by atoms with Gasteiger partial charge in [0.25, 0.3) is 5.91 Å². The van der Waals surface area contributed by atoms with Crippen molar-refractivity contribution in [3.8, 4) is 11.5 Å². The highest BCUT2D eigenvalue weighted by molar-refractivity contribution is 5.85. The van der Waals surface area contributed by atoms with E-state index < -0.39 is 0 Å². The second-order valence-electron chi connectivity index (χ2n) is 6.42. The maximum absolute atomic E-state index is 12.5. The van der Waals surface area contributed by atoms with Crippen LogP contribution in [0.2, 0.25) is 0 Å². The molecule has 1 fully saturated rings.